The lowest BCUT2D eigenvalue weighted by atomic mass is 10.0. The number of nitrogens with zero attached hydrogens (tertiary/aromatic N) is 2. The third kappa shape index (κ3) is 4.00. The number of ether oxygens (including phenoxy) is 1. The van der Waals surface area contributed by atoms with Crippen LogP contribution in [0.3, 0.4) is 0 Å². The number of aromatic nitrogens is 2. The quantitative estimate of drug-likeness (QED) is 0.839. The fourth-order valence-corrected chi connectivity index (χ4v) is 3.84. The van der Waals surface area contributed by atoms with Gasteiger partial charge in [-0.1, -0.05) is 17.7 Å². The Morgan fingerprint density at radius 1 is 1.37 bits per heavy atom. The van der Waals surface area contributed by atoms with Crippen LogP contribution in [-0.4, -0.2) is 41.4 Å². The van der Waals surface area contributed by atoms with E-state index >= 15 is 0 Å². The minimum absolute atomic E-state index is 0.0695. The lowest BCUT2D eigenvalue weighted by Crippen LogP contribution is -2.37. The van der Waals surface area contributed by atoms with Gasteiger partial charge in [0.2, 0.25) is 0 Å². The third-order valence-electron chi connectivity index (χ3n) is 5.17. The highest BCUT2D eigenvalue weighted by molar-refractivity contribution is 6.30. The van der Waals surface area contributed by atoms with E-state index in [9.17, 15) is 9.18 Å². The maximum absolute atomic E-state index is 13.8. The molecule has 1 aromatic heterocycles. The number of nitrogens with one attached hydrogen (secondary N) is 2. The Kier molecular flexibility index (Phi) is 5.43. The van der Waals surface area contributed by atoms with Crippen LogP contribution in [0.4, 0.5) is 4.39 Å². The molecule has 144 valence electrons. The topological polar surface area (TPSA) is 68.2 Å². The standard InChI is InChI=1S/C19H22ClFN4O2/c20-14-4-3-12(10-15(14)21)18-16(6-9-27-18)23-19(26)17-5-8-25(24-17)13-2-1-7-22-11-13/h3-5,8,10,13,16,18,22H,1-2,6-7,9,11H2,(H,23,26). The van der Waals surface area contributed by atoms with Gasteiger partial charge in [0.1, 0.15) is 17.6 Å². The van der Waals surface area contributed by atoms with Crippen molar-refractivity contribution in [2.45, 2.75) is 37.5 Å². The molecule has 27 heavy (non-hydrogen) atoms. The Labute approximate surface area is 162 Å². The Hall–Kier alpha value is -1.96. The van der Waals surface area contributed by atoms with E-state index in [2.05, 4.69) is 15.7 Å². The number of carbonyl (C=O) groups is 1. The van der Waals surface area contributed by atoms with Gasteiger partial charge in [-0.3, -0.25) is 9.48 Å². The smallest absolute Gasteiger partial charge is 0.272 e. The predicted octanol–water partition coefficient (Wildman–Crippen LogP) is 2.86. The van der Waals surface area contributed by atoms with Crippen LogP contribution in [-0.2, 0) is 4.74 Å². The second-order valence-electron chi connectivity index (χ2n) is 7.01. The van der Waals surface area contributed by atoms with Crippen LogP contribution in [0, 0.1) is 5.82 Å². The van der Waals surface area contributed by atoms with Gasteiger partial charge in [-0.25, -0.2) is 4.39 Å². The van der Waals surface area contributed by atoms with Crippen LogP contribution >= 0.6 is 11.6 Å². The van der Waals surface area contributed by atoms with Gasteiger partial charge in [-0.15, -0.1) is 0 Å². The number of hydrogen-bond acceptors (Lipinski definition) is 4. The summed E-state index contributed by atoms with van der Waals surface area (Å²) in [6, 6.07) is 6.37. The normalized spacial score (nSPS) is 25.5. The number of piperidine rings is 1. The summed E-state index contributed by atoms with van der Waals surface area (Å²) >= 11 is 5.75. The van der Waals surface area contributed by atoms with Gasteiger partial charge in [0.05, 0.1) is 17.1 Å². The molecule has 0 bridgehead atoms. The zero-order chi connectivity index (χ0) is 18.8. The summed E-state index contributed by atoms with van der Waals surface area (Å²) < 4.78 is 21.4. The van der Waals surface area contributed by atoms with Gasteiger partial charge >= 0.3 is 0 Å². The fraction of sp³-hybridized carbons (Fsp3) is 0.474. The van der Waals surface area contributed by atoms with E-state index in [0.717, 1.165) is 25.9 Å². The number of benzene rings is 1. The SMILES string of the molecule is O=C(NC1CCOC1c1ccc(Cl)c(F)c1)c1ccn(C2CCCNC2)n1. The number of halogens is 2. The van der Waals surface area contributed by atoms with Crippen LogP contribution in [0.5, 0.6) is 0 Å². The molecule has 8 heteroatoms. The van der Waals surface area contributed by atoms with Crippen LogP contribution in [0.25, 0.3) is 0 Å². The van der Waals surface area contributed by atoms with E-state index in [4.69, 9.17) is 16.3 Å². The number of hydrogen-bond donors (Lipinski definition) is 2. The third-order valence-corrected chi connectivity index (χ3v) is 5.47. The van der Waals surface area contributed by atoms with Gasteiger partial charge in [-0.2, -0.15) is 5.10 Å². The van der Waals surface area contributed by atoms with Crippen molar-refractivity contribution in [1.82, 2.24) is 20.4 Å². The molecule has 3 unspecified atom stereocenters. The summed E-state index contributed by atoms with van der Waals surface area (Å²) in [6.07, 6.45) is 4.27. The van der Waals surface area contributed by atoms with Crippen molar-refractivity contribution in [1.29, 1.82) is 0 Å². The Balaban J connectivity index is 1.44. The molecule has 2 aliphatic rings. The fourth-order valence-electron chi connectivity index (χ4n) is 3.72. The van der Waals surface area contributed by atoms with Crippen LogP contribution < -0.4 is 10.6 Å². The second kappa shape index (κ2) is 7.96. The van der Waals surface area contributed by atoms with E-state index in [0.29, 0.717) is 24.3 Å². The molecule has 4 rings (SSSR count). The molecule has 3 atom stereocenters. The molecule has 6 nitrogen and oxygen atoms in total. The van der Waals surface area contributed by atoms with Crippen LogP contribution in [0.15, 0.2) is 30.5 Å². The van der Waals surface area contributed by atoms with E-state index < -0.39 is 11.9 Å². The van der Waals surface area contributed by atoms with Gasteiger partial charge in [-0.05, 0) is 49.6 Å². The highest BCUT2D eigenvalue weighted by Crippen LogP contribution is 2.31. The summed E-state index contributed by atoms with van der Waals surface area (Å²) in [4.78, 5) is 12.6. The molecule has 1 aromatic carbocycles. The van der Waals surface area contributed by atoms with Crippen molar-refractivity contribution >= 4 is 17.5 Å². The monoisotopic (exact) mass is 392 g/mol. The first-order valence-corrected chi connectivity index (χ1v) is 9.63. The summed E-state index contributed by atoms with van der Waals surface area (Å²) in [5.74, 6) is -0.734. The van der Waals surface area contributed by atoms with E-state index in [1.807, 2.05) is 10.9 Å². The lowest BCUT2D eigenvalue weighted by Gasteiger charge is -2.23. The van der Waals surface area contributed by atoms with Crippen LogP contribution in [0.1, 0.15) is 47.5 Å². The molecular weight excluding hydrogens is 371 g/mol. The van der Waals surface area contributed by atoms with E-state index in [-0.39, 0.29) is 23.0 Å². The highest BCUT2D eigenvalue weighted by Gasteiger charge is 2.32. The zero-order valence-electron chi connectivity index (χ0n) is 14.8. The molecule has 2 N–H and O–H groups in total. The summed E-state index contributed by atoms with van der Waals surface area (Å²) in [7, 11) is 0. The molecular formula is C19H22ClFN4O2. The van der Waals surface area contributed by atoms with Crippen molar-refractivity contribution < 1.29 is 13.9 Å². The average Bonchev–Trinajstić information content (AvgIpc) is 3.34. The van der Waals surface area contributed by atoms with Crippen molar-refractivity contribution in [3.05, 3.63) is 52.6 Å². The molecule has 2 fully saturated rings. The number of amides is 1. The maximum Gasteiger partial charge on any atom is 0.272 e. The first-order chi connectivity index (χ1) is 13.1. The Bertz CT molecular complexity index is 822. The Morgan fingerprint density at radius 2 is 2.26 bits per heavy atom. The summed E-state index contributed by atoms with van der Waals surface area (Å²) in [6.45, 7) is 2.39. The van der Waals surface area contributed by atoms with E-state index in [1.54, 1.807) is 12.1 Å². The highest BCUT2D eigenvalue weighted by atomic mass is 35.5. The molecule has 1 amide bonds. The van der Waals surface area contributed by atoms with Crippen molar-refractivity contribution in [2.75, 3.05) is 19.7 Å². The first kappa shape index (κ1) is 18.4. The minimum Gasteiger partial charge on any atom is -0.371 e. The predicted molar refractivity (Wildman–Crippen MR) is 99.3 cm³/mol. The van der Waals surface area contributed by atoms with Gasteiger partial charge in [0.15, 0.2) is 0 Å². The molecule has 0 aliphatic carbocycles. The zero-order valence-corrected chi connectivity index (χ0v) is 15.6. The molecule has 0 spiro atoms. The van der Waals surface area contributed by atoms with Crippen LogP contribution in [0.2, 0.25) is 5.02 Å². The minimum atomic E-state index is -0.491. The number of rotatable bonds is 4. The molecule has 0 radical (unpaired) electrons. The van der Waals surface area contributed by atoms with Gasteiger partial charge in [0.25, 0.3) is 5.91 Å². The van der Waals surface area contributed by atoms with Crippen molar-refractivity contribution in [3.63, 3.8) is 0 Å². The van der Waals surface area contributed by atoms with Crippen molar-refractivity contribution in [3.8, 4) is 0 Å². The van der Waals surface area contributed by atoms with Gasteiger partial charge in [0, 0.05) is 19.3 Å². The Morgan fingerprint density at radius 3 is 3.04 bits per heavy atom. The number of carbonyl (C=O) groups excluding carboxylic acids is 1. The average molecular weight is 393 g/mol. The molecule has 2 aliphatic heterocycles. The summed E-state index contributed by atoms with van der Waals surface area (Å²) in [5, 5.41) is 10.8. The molecule has 2 saturated heterocycles. The van der Waals surface area contributed by atoms with Crippen molar-refractivity contribution in [2.24, 2.45) is 0 Å². The molecule has 0 saturated carbocycles. The molecule has 3 heterocycles. The lowest BCUT2D eigenvalue weighted by molar-refractivity contribution is 0.0816. The first-order valence-electron chi connectivity index (χ1n) is 9.25. The second-order valence-corrected chi connectivity index (χ2v) is 7.42. The van der Waals surface area contributed by atoms with Gasteiger partial charge < -0.3 is 15.4 Å². The maximum atomic E-state index is 13.8. The largest absolute Gasteiger partial charge is 0.371 e. The summed E-state index contributed by atoms with van der Waals surface area (Å²) in [5.41, 5.74) is 1.05. The molecule has 2 aromatic rings. The van der Waals surface area contributed by atoms with E-state index in [1.165, 1.54) is 12.1 Å².